The maximum atomic E-state index is 11.9. The van der Waals surface area contributed by atoms with Gasteiger partial charge in [-0.3, -0.25) is 14.8 Å². The summed E-state index contributed by atoms with van der Waals surface area (Å²) >= 11 is 0. The molecule has 1 unspecified atom stereocenters. The quantitative estimate of drug-likeness (QED) is 0.388. The van der Waals surface area contributed by atoms with Crippen LogP contribution in [0.15, 0.2) is 29.5 Å². The molecule has 0 aliphatic rings. The Balaban J connectivity index is 2.23. The van der Waals surface area contributed by atoms with Crippen LogP contribution in [0.4, 0.5) is 0 Å². The maximum absolute atomic E-state index is 11.9. The largest absolute Gasteiger partial charge is 0.355 e. The summed E-state index contributed by atoms with van der Waals surface area (Å²) in [4.78, 5) is 20.0. The van der Waals surface area contributed by atoms with Crippen LogP contribution in [0.1, 0.15) is 44.0 Å². The van der Waals surface area contributed by atoms with Gasteiger partial charge in [-0.1, -0.05) is 13.8 Å². The van der Waals surface area contributed by atoms with Crippen LogP contribution in [0.3, 0.4) is 0 Å². The molecule has 0 bridgehead atoms. The maximum Gasteiger partial charge on any atom is 0.252 e. The average molecular weight is 319 g/mol. The van der Waals surface area contributed by atoms with E-state index in [1.165, 1.54) is 6.42 Å². The third kappa shape index (κ3) is 8.18. The first kappa shape index (κ1) is 18.9. The van der Waals surface area contributed by atoms with Gasteiger partial charge in [0.05, 0.1) is 5.56 Å². The van der Waals surface area contributed by atoms with Gasteiger partial charge in [-0.05, 0) is 37.8 Å². The highest BCUT2D eigenvalue weighted by Crippen LogP contribution is 2.06. The molecule has 128 valence electrons. The molecule has 0 fully saturated rings. The summed E-state index contributed by atoms with van der Waals surface area (Å²) in [5.41, 5.74) is 0.567. The minimum absolute atomic E-state index is 0.117. The van der Waals surface area contributed by atoms with Crippen LogP contribution < -0.4 is 16.0 Å². The third-order valence-electron chi connectivity index (χ3n) is 3.41. The lowest BCUT2D eigenvalue weighted by Crippen LogP contribution is -2.44. The molecule has 1 aromatic rings. The van der Waals surface area contributed by atoms with E-state index in [1.54, 1.807) is 31.6 Å². The number of hydrogen-bond acceptors (Lipinski definition) is 3. The second-order valence-electron chi connectivity index (χ2n) is 6.01. The molecule has 1 rings (SSSR count). The Labute approximate surface area is 139 Å². The highest BCUT2D eigenvalue weighted by Gasteiger charge is 2.07. The van der Waals surface area contributed by atoms with Gasteiger partial charge in [-0.2, -0.15) is 0 Å². The summed E-state index contributed by atoms with van der Waals surface area (Å²) in [5, 5.41) is 9.41. The molecule has 23 heavy (non-hydrogen) atoms. The van der Waals surface area contributed by atoms with Gasteiger partial charge in [0.2, 0.25) is 0 Å². The van der Waals surface area contributed by atoms with E-state index in [0.29, 0.717) is 30.6 Å². The molecular formula is C17H29N5O. The molecular weight excluding hydrogens is 290 g/mol. The number of pyridine rings is 1. The van der Waals surface area contributed by atoms with Gasteiger partial charge in [0.25, 0.3) is 5.91 Å². The number of nitrogens with zero attached hydrogens (tertiary/aromatic N) is 2. The number of amides is 1. The molecule has 1 heterocycles. The molecule has 0 spiro atoms. The number of carbonyl (C=O) groups excluding carboxylic acids is 1. The molecule has 0 saturated carbocycles. The van der Waals surface area contributed by atoms with E-state index in [1.807, 2.05) is 0 Å². The number of nitrogens with one attached hydrogen (secondary N) is 3. The molecule has 3 N–H and O–H groups in total. The molecule has 0 aliphatic carbocycles. The van der Waals surface area contributed by atoms with Crippen LogP contribution >= 0.6 is 0 Å². The van der Waals surface area contributed by atoms with Crippen molar-refractivity contribution in [2.24, 2.45) is 10.9 Å². The summed E-state index contributed by atoms with van der Waals surface area (Å²) in [7, 11) is 1.75. The lowest BCUT2D eigenvalue weighted by atomic mass is 10.0. The molecule has 1 aromatic heterocycles. The Hall–Kier alpha value is -2.11. The van der Waals surface area contributed by atoms with Gasteiger partial charge >= 0.3 is 0 Å². The second kappa shape index (κ2) is 10.6. The summed E-state index contributed by atoms with van der Waals surface area (Å²) in [6.45, 7) is 7.74. The zero-order valence-corrected chi connectivity index (χ0v) is 14.6. The van der Waals surface area contributed by atoms with Crippen molar-refractivity contribution in [3.8, 4) is 0 Å². The van der Waals surface area contributed by atoms with Crippen LogP contribution in [-0.2, 0) is 0 Å². The standard InChI is InChI=1S/C17H29N5O/c1-13(2)7-8-14(3)22-17(18-4)21-11-10-20-16(23)15-6-5-9-19-12-15/h5-6,9,12-14H,7-8,10-11H2,1-4H3,(H,20,23)(H2,18,21,22). The summed E-state index contributed by atoms with van der Waals surface area (Å²) in [6, 6.07) is 3.86. The molecule has 0 aliphatic heterocycles. The van der Waals surface area contributed by atoms with Gasteiger partial charge in [0.1, 0.15) is 0 Å². The van der Waals surface area contributed by atoms with E-state index in [4.69, 9.17) is 0 Å². The Morgan fingerprint density at radius 3 is 2.57 bits per heavy atom. The molecule has 6 nitrogen and oxygen atoms in total. The van der Waals surface area contributed by atoms with Crippen molar-refractivity contribution in [1.29, 1.82) is 0 Å². The first-order valence-corrected chi connectivity index (χ1v) is 8.18. The van der Waals surface area contributed by atoms with Gasteiger partial charge in [-0.15, -0.1) is 0 Å². The predicted octanol–water partition coefficient (Wildman–Crippen LogP) is 1.80. The third-order valence-corrected chi connectivity index (χ3v) is 3.41. The van der Waals surface area contributed by atoms with Crippen LogP contribution in [0.5, 0.6) is 0 Å². The Bertz CT molecular complexity index is 487. The van der Waals surface area contributed by atoms with Crippen molar-refractivity contribution in [3.05, 3.63) is 30.1 Å². The van der Waals surface area contributed by atoms with E-state index in [9.17, 15) is 4.79 Å². The Morgan fingerprint density at radius 2 is 1.96 bits per heavy atom. The molecule has 0 aromatic carbocycles. The van der Waals surface area contributed by atoms with Crippen molar-refractivity contribution < 1.29 is 4.79 Å². The first-order valence-electron chi connectivity index (χ1n) is 8.18. The number of guanidine groups is 1. The van der Waals surface area contributed by atoms with Crippen molar-refractivity contribution in [3.63, 3.8) is 0 Å². The monoisotopic (exact) mass is 319 g/mol. The SMILES string of the molecule is CN=C(NCCNC(=O)c1cccnc1)NC(C)CCC(C)C. The van der Waals surface area contributed by atoms with Gasteiger partial charge in [0, 0.05) is 38.6 Å². The van der Waals surface area contributed by atoms with Crippen molar-refractivity contribution in [2.45, 2.75) is 39.7 Å². The van der Waals surface area contributed by atoms with Gasteiger partial charge in [0.15, 0.2) is 5.96 Å². The number of rotatable bonds is 8. The van der Waals surface area contributed by atoms with E-state index in [-0.39, 0.29) is 5.91 Å². The molecule has 1 amide bonds. The van der Waals surface area contributed by atoms with E-state index < -0.39 is 0 Å². The topological polar surface area (TPSA) is 78.4 Å². The Morgan fingerprint density at radius 1 is 1.22 bits per heavy atom. The number of aliphatic imine (C=N–C) groups is 1. The van der Waals surface area contributed by atoms with Crippen molar-refractivity contribution in [1.82, 2.24) is 20.9 Å². The lowest BCUT2D eigenvalue weighted by Gasteiger charge is -2.18. The minimum Gasteiger partial charge on any atom is -0.355 e. The van der Waals surface area contributed by atoms with Crippen molar-refractivity contribution >= 4 is 11.9 Å². The van der Waals surface area contributed by atoms with Gasteiger partial charge < -0.3 is 16.0 Å². The summed E-state index contributed by atoms with van der Waals surface area (Å²) in [6.07, 6.45) is 5.50. The zero-order chi connectivity index (χ0) is 17.1. The number of hydrogen-bond donors (Lipinski definition) is 3. The van der Waals surface area contributed by atoms with Crippen LogP contribution in [0.25, 0.3) is 0 Å². The predicted molar refractivity (Wildman–Crippen MR) is 94.6 cm³/mol. The van der Waals surface area contributed by atoms with Crippen molar-refractivity contribution in [2.75, 3.05) is 20.1 Å². The zero-order valence-electron chi connectivity index (χ0n) is 14.6. The second-order valence-corrected chi connectivity index (χ2v) is 6.01. The number of aromatic nitrogens is 1. The van der Waals surface area contributed by atoms with E-state index in [2.05, 4.69) is 46.7 Å². The normalized spacial score (nSPS) is 12.8. The van der Waals surface area contributed by atoms with E-state index >= 15 is 0 Å². The van der Waals surface area contributed by atoms with E-state index in [0.717, 1.165) is 12.4 Å². The highest BCUT2D eigenvalue weighted by molar-refractivity contribution is 5.93. The lowest BCUT2D eigenvalue weighted by molar-refractivity contribution is 0.0954. The van der Waals surface area contributed by atoms with Crippen LogP contribution in [0.2, 0.25) is 0 Å². The summed E-state index contributed by atoms with van der Waals surface area (Å²) < 4.78 is 0. The fourth-order valence-electron chi connectivity index (χ4n) is 2.04. The fourth-order valence-corrected chi connectivity index (χ4v) is 2.04. The average Bonchev–Trinajstić information content (AvgIpc) is 2.56. The smallest absolute Gasteiger partial charge is 0.252 e. The van der Waals surface area contributed by atoms with Crippen LogP contribution in [-0.4, -0.2) is 43.0 Å². The molecule has 0 radical (unpaired) electrons. The molecule has 0 saturated heterocycles. The minimum atomic E-state index is -0.117. The summed E-state index contributed by atoms with van der Waals surface area (Å²) in [5.74, 6) is 1.35. The fraction of sp³-hybridized carbons (Fsp3) is 0.588. The molecule has 6 heteroatoms. The highest BCUT2D eigenvalue weighted by atomic mass is 16.1. The first-order chi connectivity index (χ1) is 11.0. The van der Waals surface area contributed by atoms with Crippen LogP contribution in [0, 0.1) is 5.92 Å². The molecule has 1 atom stereocenters. The number of carbonyl (C=O) groups is 1. The Kier molecular flexibility index (Phi) is 8.72. The van der Waals surface area contributed by atoms with Gasteiger partial charge in [-0.25, -0.2) is 0 Å².